The first-order valence-corrected chi connectivity index (χ1v) is 7.45. The van der Waals surface area contributed by atoms with Crippen LogP contribution >= 0.6 is 23.1 Å². The van der Waals surface area contributed by atoms with E-state index < -0.39 is 24.7 Å². The van der Waals surface area contributed by atoms with Gasteiger partial charge in [-0.05, 0) is 6.92 Å². The number of nitrogens with zero attached hydrogens (tertiary/aromatic N) is 2. The third-order valence-corrected chi connectivity index (χ3v) is 3.78. The molecule has 0 radical (unpaired) electrons. The van der Waals surface area contributed by atoms with Crippen LogP contribution in [0.15, 0.2) is 4.34 Å². The number of aromatic nitrogens is 2. The van der Waals surface area contributed by atoms with Gasteiger partial charge < -0.3 is 10.6 Å². The molecule has 0 bridgehead atoms. The van der Waals surface area contributed by atoms with E-state index in [0.717, 1.165) is 23.1 Å². The second-order valence-electron chi connectivity index (χ2n) is 3.54. The highest BCUT2D eigenvalue weighted by atomic mass is 32.2. The number of hydrogen-bond donors (Lipinski definition) is 3. The van der Waals surface area contributed by atoms with E-state index in [1.807, 2.05) is 0 Å². The fourth-order valence-electron chi connectivity index (χ4n) is 1.01. The highest BCUT2D eigenvalue weighted by molar-refractivity contribution is 8.01. The lowest BCUT2D eigenvalue weighted by Crippen LogP contribution is -2.40. The molecule has 3 amide bonds. The van der Waals surface area contributed by atoms with Crippen LogP contribution in [0.4, 0.5) is 23.1 Å². The van der Waals surface area contributed by atoms with Crippen molar-refractivity contribution in [3.8, 4) is 0 Å². The second-order valence-corrected chi connectivity index (χ2v) is 5.74. The van der Waals surface area contributed by atoms with E-state index >= 15 is 0 Å². The average molecular weight is 343 g/mol. The standard InChI is InChI=1S/C9H12F3N5O2S2/c1-2-13-6(19)15-5(18)3-20-8-17-16-7(21-8)14-4-9(10,11)12/h2-4H2,1H3,(H,14,16)(H2,13,15,18,19). The minimum absolute atomic E-state index is 0.0129. The van der Waals surface area contributed by atoms with E-state index in [-0.39, 0.29) is 10.9 Å². The average Bonchev–Trinajstić information content (AvgIpc) is 2.81. The summed E-state index contributed by atoms with van der Waals surface area (Å²) in [4.78, 5) is 22.4. The van der Waals surface area contributed by atoms with Gasteiger partial charge in [0.05, 0.1) is 5.75 Å². The Morgan fingerprint density at radius 2 is 2.05 bits per heavy atom. The zero-order chi connectivity index (χ0) is 15.9. The molecule has 0 aliphatic carbocycles. The third kappa shape index (κ3) is 7.70. The summed E-state index contributed by atoms with van der Waals surface area (Å²) in [7, 11) is 0. The molecule has 118 valence electrons. The minimum atomic E-state index is -4.34. The van der Waals surface area contributed by atoms with E-state index in [2.05, 4.69) is 26.1 Å². The molecular weight excluding hydrogens is 331 g/mol. The van der Waals surface area contributed by atoms with Crippen LogP contribution in [0.25, 0.3) is 0 Å². The Kier molecular flexibility index (Phi) is 6.68. The van der Waals surface area contributed by atoms with E-state index in [1.165, 1.54) is 0 Å². The number of thioether (sulfide) groups is 1. The normalized spacial score (nSPS) is 11.0. The quantitative estimate of drug-likeness (QED) is 0.677. The molecule has 0 aliphatic rings. The molecule has 0 fully saturated rings. The molecule has 3 N–H and O–H groups in total. The van der Waals surface area contributed by atoms with Gasteiger partial charge in [0.15, 0.2) is 4.34 Å². The monoisotopic (exact) mass is 343 g/mol. The van der Waals surface area contributed by atoms with Crippen LogP contribution in [-0.2, 0) is 4.79 Å². The fraction of sp³-hybridized carbons (Fsp3) is 0.556. The predicted octanol–water partition coefficient (Wildman–Crippen LogP) is 1.45. The number of halogens is 3. The molecule has 12 heteroatoms. The molecule has 0 unspecified atom stereocenters. The first-order valence-electron chi connectivity index (χ1n) is 5.64. The Morgan fingerprint density at radius 1 is 1.33 bits per heavy atom. The van der Waals surface area contributed by atoms with Crippen molar-refractivity contribution >= 4 is 40.2 Å². The molecule has 21 heavy (non-hydrogen) atoms. The lowest BCUT2D eigenvalue weighted by Gasteiger charge is -2.05. The molecule has 0 saturated heterocycles. The zero-order valence-electron chi connectivity index (χ0n) is 10.8. The van der Waals surface area contributed by atoms with Crippen LogP contribution in [0.3, 0.4) is 0 Å². The maximum Gasteiger partial charge on any atom is 0.405 e. The summed E-state index contributed by atoms with van der Waals surface area (Å²) in [5, 5.41) is 13.7. The number of hydrogen-bond acceptors (Lipinski definition) is 7. The van der Waals surface area contributed by atoms with Gasteiger partial charge in [0, 0.05) is 6.54 Å². The molecule has 0 saturated carbocycles. The number of alkyl halides is 3. The Bertz CT molecular complexity index is 494. The molecular formula is C9H12F3N5O2S2. The summed E-state index contributed by atoms with van der Waals surface area (Å²) in [6.45, 7) is 0.885. The van der Waals surface area contributed by atoms with Crippen LogP contribution in [0.5, 0.6) is 0 Å². The van der Waals surface area contributed by atoms with Crippen LogP contribution in [0.1, 0.15) is 6.92 Å². The predicted molar refractivity (Wildman–Crippen MR) is 72.4 cm³/mol. The Balaban J connectivity index is 2.34. The van der Waals surface area contributed by atoms with Crippen molar-refractivity contribution in [2.24, 2.45) is 0 Å². The van der Waals surface area contributed by atoms with E-state index in [1.54, 1.807) is 6.92 Å². The van der Waals surface area contributed by atoms with Gasteiger partial charge in [-0.2, -0.15) is 13.2 Å². The largest absolute Gasteiger partial charge is 0.405 e. The molecule has 1 aromatic rings. The van der Waals surface area contributed by atoms with Gasteiger partial charge in [-0.15, -0.1) is 10.2 Å². The molecule has 0 atom stereocenters. The first-order chi connectivity index (χ1) is 9.80. The van der Waals surface area contributed by atoms with Gasteiger partial charge >= 0.3 is 12.2 Å². The Hall–Kier alpha value is -1.56. The summed E-state index contributed by atoms with van der Waals surface area (Å²) in [5.74, 6) is -0.628. The molecule has 1 aromatic heterocycles. The number of carbonyl (C=O) groups excluding carboxylic acids is 2. The number of rotatable bonds is 6. The zero-order valence-corrected chi connectivity index (χ0v) is 12.4. The van der Waals surface area contributed by atoms with Gasteiger partial charge in [0.25, 0.3) is 0 Å². The number of anilines is 1. The van der Waals surface area contributed by atoms with Crippen LogP contribution in [0.2, 0.25) is 0 Å². The van der Waals surface area contributed by atoms with Crippen molar-refractivity contribution in [2.75, 3.05) is 24.2 Å². The summed E-state index contributed by atoms with van der Waals surface area (Å²) in [5.41, 5.74) is 0. The molecule has 0 spiro atoms. The fourth-order valence-corrected chi connectivity index (χ4v) is 2.56. The van der Waals surface area contributed by atoms with Crippen molar-refractivity contribution < 1.29 is 22.8 Å². The summed E-state index contributed by atoms with van der Waals surface area (Å²) < 4.78 is 36.3. The molecule has 1 heterocycles. The van der Waals surface area contributed by atoms with Crippen molar-refractivity contribution in [1.29, 1.82) is 0 Å². The molecule has 1 rings (SSSR count). The highest BCUT2D eigenvalue weighted by Crippen LogP contribution is 2.26. The second kappa shape index (κ2) is 8.02. The lowest BCUT2D eigenvalue weighted by atomic mass is 10.6. The summed E-state index contributed by atoms with van der Waals surface area (Å²) in [6.07, 6.45) is -4.34. The SMILES string of the molecule is CCNC(=O)NC(=O)CSc1nnc(NCC(F)(F)F)s1. The van der Waals surface area contributed by atoms with Crippen LogP contribution < -0.4 is 16.0 Å². The van der Waals surface area contributed by atoms with Crippen molar-refractivity contribution in [3.63, 3.8) is 0 Å². The van der Waals surface area contributed by atoms with Gasteiger partial charge in [-0.25, -0.2) is 4.79 Å². The topological polar surface area (TPSA) is 96.0 Å². The van der Waals surface area contributed by atoms with E-state index in [0.29, 0.717) is 10.9 Å². The van der Waals surface area contributed by atoms with Crippen LogP contribution in [-0.4, -0.2) is 47.2 Å². The maximum absolute atomic E-state index is 12.0. The van der Waals surface area contributed by atoms with E-state index in [4.69, 9.17) is 0 Å². The number of carbonyl (C=O) groups is 2. The number of imide groups is 1. The summed E-state index contributed by atoms with van der Waals surface area (Å²) >= 11 is 1.87. The number of nitrogens with one attached hydrogen (secondary N) is 3. The van der Waals surface area contributed by atoms with Gasteiger partial charge in [0.1, 0.15) is 6.54 Å². The van der Waals surface area contributed by atoms with Crippen molar-refractivity contribution in [2.45, 2.75) is 17.4 Å². The first kappa shape index (κ1) is 17.5. The molecule has 0 aliphatic heterocycles. The maximum atomic E-state index is 12.0. The third-order valence-electron chi connectivity index (χ3n) is 1.76. The number of amides is 3. The van der Waals surface area contributed by atoms with Gasteiger partial charge in [0.2, 0.25) is 11.0 Å². The van der Waals surface area contributed by atoms with Crippen LogP contribution in [0, 0.1) is 0 Å². The smallest absolute Gasteiger partial charge is 0.351 e. The molecule has 0 aromatic carbocycles. The summed E-state index contributed by atoms with van der Waals surface area (Å²) in [6, 6.07) is -0.604. The Labute approximate surface area is 126 Å². The highest BCUT2D eigenvalue weighted by Gasteiger charge is 2.27. The van der Waals surface area contributed by atoms with Crippen molar-refractivity contribution in [3.05, 3.63) is 0 Å². The van der Waals surface area contributed by atoms with Gasteiger partial charge in [-0.1, -0.05) is 23.1 Å². The molecule has 7 nitrogen and oxygen atoms in total. The number of urea groups is 1. The Morgan fingerprint density at radius 3 is 2.67 bits per heavy atom. The van der Waals surface area contributed by atoms with Crippen molar-refractivity contribution in [1.82, 2.24) is 20.8 Å². The lowest BCUT2D eigenvalue weighted by molar-refractivity contribution is -0.117. The van der Waals surface area contributed by atoms with Gasteiger partial charge in [-0.3, -0.25) is 10.1 Å². The minimum Gasteiger partial charge on any atom is -0.351 e. The van der Waals surface area contributed by atoms with E-state index in [9.17, 15) is 22.8 Å².